The van der Waals surface area contributed by atoms with Gasteiger partial charge in [-0.05, 0) is 69.7 Å². The highest BCUT2D eigenvalue weighted by Crippen LogP contribution is 2.64. The summed E-state index contributed by atoms with van der Waals surface area (Å²) in [5.74, 6) is 2.21. The van der Waals surface area contributed by atoms with Crippen LogP contribution >= 0.6 is 0 Å². The van der Waals surface area contributed by atoms with Crippen molar-refractivity contribution in [3.63, 3.8) is 0 Å². The number of rotatable bonds is 4. The van der Waals surface area contributed by atoms with Crippen molar-refractivity contribution in [2.45, 2.75) is 66.4 Å². The zero-order valence-electron chi connectivity index (χ0n) is 15.2. The molecular formula is C18H34N2O2. The van der Waals surface area contributed by atoms with Gasteiger partial charge in [0.15, 0.2) is 0 Å². The lowest BCUT2D eigenvalue weighted by Crippen LogP contribution is -2.59. The van der Waals surface area contributed by atoms with Gasteiger partial charge in [-0.3, -0.25) is 0 Å². The van der Waals surface area contributed by atoms with E-state index in [2.05, 4.69) is 26.1 Å². The van der Waals surface area contributed by atoms with Crippen LogP contribution in [0.15, 0.2) is 0 Å². The van der Waals surface area contributed by atoms with Gasteiger partial charge in [0.25, 0.3) is 0 Å². The lowest BCUT2D eigenvalue weighted by molar-refractivity contribution is -0.138. The third kappa shape index (κ3) is 3.27. The molecule has 0 aliphatic heterocycles. The van der Waals surface area contributed by atoms with Crippen molar-refractivity contribution in [2.75, 3.05) is 13.1 Å². The number of fused-ring (bicyclic) bond motifs is 2. The maximum Gasteiger partial charge on any atom is 0.407 e. The molecule has 0 heterocycles. The molecule has 1 amide bonds. The Bertz CT molecular complexity index is 425. The number of alkyl carbamates (subject to hydrolysis) is 1. The Balaban J connectivity index is 1.98. The van der Waals surface area contributed by atoms with Crippen LogP contribution < -0.4 is 11.1 Å². The number of carbonyl (C=O) groups excluding carboxylic acids is 1. The number of amides is 1. The topological polar surface area (TPSA) is 64.3 Å². The van der Waals surface area contributed by atoms with Crippen LogP contribution in [0.1, 0.15) is 60.8 Å². The van der Waals surface area contributed by atoms with Crippen molar-refractivity contribution >= 4 is 6.09 Å². The summed E-state index contributed by atoms with van der Waals surface area (Å²) in [6.45, 7) is 13.9. The molecule has 3 aliphatic rings. The fraction of sp³-hybridized carbons (Fsp3) is 0.944. The molecule has 3 fully saturated rings. The summed E-state index contributed by atoms with van der Waals surface area (Å²) < 4.78 is 5.35. The average molecular weight is 310 g/mol. The normalized spacial score (nSPS) is 32.6. The van der Waals surface area contributed by atoms with Gasteiger partial charge in [-0.1, -0.05) is 20.8 Å². The summed E-state index contributed by atoms with van der Waals surface area (Å²) in [7, 11) is 0. The molecule has 2 bridgehead atoms. The molecule has 3 rings (SSSR count). The standard InChI is InChI=1S/C18H34N2O2/c1-16(2,3)22-15(21)20-11-18(6,10-19)13-8-7-12-9-14(13)17(12,4)5/h12-14H,7-11,19H2,1-6H3,(H,20,21)/t12-,13?,14-,18?/m0/s1. The monoisotopic (exact) mass is 310 g/mol. The number of hydrogen-bond donors (Lipinski definition) is 2. The predicted octanol–water partition coefficient (Wildman–Crippen LogP) is 3.55. The number of nitrogens with one attached hydrogen (secondary N) is 1. The lowest BCUT2D eigenvalue weighted by Gasteiger charge is -2.63. The van der Waals surface area contributed by atoms with Crippen molar-refractivity contribution in [3.8, 4) is 0 Å². The summed E-state index contributed by atoms with van der Waals surface area (Å²) >= 11 is 0. The molecule has 3 N–H and O–H groups in total. The van der Waals surface area contributed by atoms with Crippen molar-refractivity contribution in [2.24, 2.45) is 34.3 Å². The van der Waals surface area contributed by atoms with E-state index < -0.39 is 5.60 Å². The van der Waals surface area contributed by atoms with Gasteiger partial charge in [-0.15, -0.1) is 0 Å². The van der Waals surface area contributed by atoms with E-state index in [0.29, 0.717) is 24.4 Å². The van der Waals surface area contributed by atoms with E-state index >= 15 is 0 Å². The van der Waals surface area contributed by atoms with Gasteiger partial charge < -0.3 is 15.8 Å². The first-order valence-corrected chi connectivity index (χ1v) is 8.66. The van der Waals surface area contributed by atoms with Gasteiger partial charge >= 0.3 is 6.09 Å². The Hall–Kier alpha value is -0.770. The fourth-order valence-corrected chi connectivity index (χ4v) is 4.59. The third-order valence-corrected chi connectivity index (χ3v) is 6.26. The molecule has 4 nitrogen and oxygen atoms in total. The molecule has 0 aromatic carbocycles. The molecule has 128 valence electrons. The molecule has 2 unspecified atom stereocenters. The molecule has 3 saturated carbocycles. The molecule has 3 aliphatic carbocycles. The van der Waals surface area contributed by atoms with E-state index in [0.717, 1.165) is 11.8 Å². The third-order valence-electron chi connectivity index (χ3n) is 6.26. The molecule has 22 heavy (non-hydrogen) atoms. The minimum absolute atomic E-state index is 0.0514. The first kappa shape index (κ1) is 17.6. The zero-order valence-corrected chi connectivity index (χ0v) is 15.2. The average Bonchev–Trinajstić information content (AvgIpc) is 2.42. The SMILES string of the molecule is CC(C)(C)OC(=O)NCC(C)(CN)C1CC[C@H]2C[C@@H]1C2(C)C. The van der Waals surface area contributed by atoms with Gasteiger partial charge in [0.2, 0.25) is 0 Å². The van der Waals surface area contributed by atoms with Gasteiger partial charge in [0.1, 0.15) is 5.60 Å². The van der Waals surface area contributed by atoms with E-state index in [9.17, 15) is 4.79 Å². The van der Waals surface area contributed by atoms with E-state index in [1.807, 2.05) is 20.8 Å². The zero-order chi connectivity index (χ0) is 16.8. The van der Waals surface area contributed by atoms with Crippen molar-refractivity contribution in [3.05, 3.63) is 0 Å². The Morgan fingerprint density at radius 2 is 1.91 bits per heavy atom. The summed E-state index contributed by atoms with van der Waals surface area (Å²) in [6, 6.07) is 0. The van der Waals surface area contributed by atoms with Gasteiger partial charge in [-0.2, -0.15) is 0 Å². The largest absolute Gasteiger partial charge is 0.444 e. The van der Waals surface area contributed by atoms with Crippen LogP contribution in [-0.2, 0) is 4.74 Å². The second-order valence-electron chi connectivity index (χ2n) is 9.26. The summed E-state index contributed by atoms with van der Waals surface area (Å²) in [5.41, 5.74) is 6.05. The highest BCUT2D eigenvalue weighted by atomic mass is 16.6. The second-order valence-corrected chi connectivity index (χ2v) is 9.26. The Labute approximate surface area is 135 Å². The smallest absolute Gasteiger partial charge is 0.407 e. The van der Waals surface area contributed by atoms with Crippen LogP contribution in [0.3, 0.4) is 0 Å². The van der Waals surface area contributed by atoms with Crippen LogP contribution in [0.25, 0.3) is 0 Å². The van der Waals surface area contributed by atoms with Crippen LogP contribution in [0.2, 0.25) is 0 Å². The first-order chi connectivity index (χ1) is 9.99. The van der Waals surface area contributed by atoms with E-state index in [1.54, 1.807) is 0 Å². The summed E-state index contributed by atoms with van der Waals surface area (Å²) in [4.78, 5) is 11.9. The van der Waals surface area contributed by atoms with Crippen molar-refractivity contribution in [1.29, 1.82) is 0 Å². The Morgan fingerprint density at radius 3 is 2.36 bits per heavy atom. The summed E-state index contributed by atoms with van der Waals surface area (Å²) in [6.07, 6.45) is 3.53. The quantitative estimate of drug-likeness (QED) is 0.834. The highest BCUT2D eigenvalue weighted by Gasteiger charge is 2.57. The van der Waals surface area contributed by atoms with Gasteiger partial charge in [-0.25, -0.2) is 4.79 Å². The number of hydrogen-bond acceptors (Lipinski definition) is 3. The van der Waals surface area contributed by atoms with E-state index in [1.165, 1.54) is 19.3 Å². The molecular weight excluding hydrogens is 276 g/mol. The molecule has 4 heteroatoms. The molecule has 0 radical (unpaired) electrons. The Morgan fingerprint density at radius 1 is 1.27 bits per heavy atom. The Kier molecular flexibility index (Phi) is 4.55. The number of ether oxygens (including phenoxy) is 1. The molecule has 0 saturated heterocycles. The van der Waals surface area contributed by atoms with Crippen LogP contribution in [0.5, 0.6) is 0 Å². The number of nitrogens with two attached hydrogens (primary N) is 1. The van der Waals surface area contributed by atoms with Crippen molar-refractivity contribution < 1.29 is 9.53 Å². The predicted molar refractivity (Wildman–Crippen MR) is 89.5 cm³/mol. The maximum absolute atomic E-state index is 11.9. The van der Waals surface area contributed by atoms with E-state index in [4.69, 9.17) is 10.5 Å². The van der Waals surface area contributed by atoms with Crippen LogP contribution in [0, 0.1) is 28.6 Å². The van der Waals surface area contributed by atoms with Crippen molar-refractivity contribution in [1.82, 2.24) is 5.32 Å². The maximum atomic E-state index is 11.9. The highest BCUT2D eigenvalue weighted by molar-refractivity contribution is 5.67. The minimum atomic E-state index is -0.461. The van der Waals surface area contributed by atoms with E-state index in [-0.39, 0.29) is 11.5 Å². The lowest BCUT2D eigenvalue weighted by atomic mass is 9.42. The molecule has 0 aromatic rings. The van der Waals surface area contributed by atoms with Crippen LogP contribution in [-0.4, -0.2) is 24.8 Å². The molecule has 0 spiro atoms. The number of carbonyl (C=O) groups is 1. The summed E-state index contributed by atoms with van der Waals surface area (Å²) in [5, 5.41) is 2.95. The van der Waals surface area contributed by atoms with Gasteiger partial charge in [0.05, 0.1) is 0 Å². The second kappa shape index (κ2) is 5.70. The minimum Gasteiger partial charge on any atom is -0.444 e. The molecule has 0 aromatic heterocycles. The van der Waals surface area contributed by atoms with Gasteiger partial charge in [0, 0.05) is 12.0 Å². The first-order valence-electron chi connectivity index (χ1n) is 8.66. The molecule has 4 atom stereocenters. The van der Waals surface area contributed by atoms with Crippen LogP contribution in [0.4, 0.5) is 4.79 Å². The fourth-order valence-electron chi connectivity index (χ4n) is 4.59.